The second-order valence-corrected chi connectivity index (χ2v) is 5.53. The van der Waals surface area contributed by atoms with E-state index in [4.69, 9.17) is 9.47 Å². The Labute approximate surface area is 99.9 Å². The molecule has 0 aromatic heterocycles. The fraction of sp³-hybridized carbons (Fsp3) is 1.00. The van der Waals surface area contributed by atoms with E-state index in [1.54, 1.807) is 7.11 Å². The molecule has 1 aliphatic rings. The number of ether oxygens (including phenoxy) is 2. The fourth-order valence-electron chi connectivity index (χ4n) is 2.00. The van der Waals surface area contributed by atoms with Gasteiger partial charge in [-0.3, -0.25) is 0 Å². The van der Waals surface area contributed by atoms with Gasteiger partial charge >= 0.3 is 0 Å². The van der Waals surface area contributed by atoms with Gasteiger partial charge in [0.15, 0.2) is 0 Å². The zero-order chi connectivity index (χ0) is 11.9. The average Bonchev–Trinajstić information content (AvgIpc) is 2.52. The molecule has 16 heavy (non-hydrogen) atoms. The summed E-state index contributed by atoms with van der Waals surface area (Å²) in [5.74, 6) is 0. The zero-order valence-electron chi connectivity index (χ0n) is 11.1. The Hall–Kier alpha value is -0.120. The maximum Gasteiger partial charge on any atom is 0.0480 e. The molecule has 1 unspecified atom stereocenters. The molecule has 0 amide bonds. The molecule has 0 bridgehead atoms. The van der Waals surface area contributed by atoms with E-state index in [-0.39, 0.29) is 0 Å². The summed E-state index contributed by atoms with van der Waals surface area (Å²) in [6.45, 7) is 8.36. The van der Waals surface area contributed by atoms with Crippen LogP contribution < -0.4 is 5.32 Å². The monoisotopic (exact) mass is 229 g/mol. The highest BCUT2D eigenvalue weighted by molar-refractivity contribution is 4.76. The van der Waals surface area contributed by atoms with E-state index in [0.29, 0.717) is 11.5 Å². The minimum Gasteiger partial charge on any atom is -0.385 e. The van der Waals surface area contributed by atoms with Crippen LogP contribution in [0, 0.1) is 5.41 Å². The first-order chi connectivity index (χ1) is 7.64. The van der Waals surface area contributed by atoms with Crippen molar-refractivity contribution in [2.45, 2.75) is 45.6 Å². The van der Waals surface area contributed by atoms with Gasteiger partial charge < -0.3 is 14.8 Å². The van der Waals surface area contributed by atoms with Gasteiger partial charge in [0.1, 0.15) is 0 Å². The molecular formula is C13H27NO2. The van der Waals surface area contributed by atoms with Crippen LogP contribution in [-0.4, -0.2) is 39.5 Å². The predicted octanol–water partition coefficient (Wildman–Crippen LogP) is 2.21. The van der Waals surface area contributed by atoms with Crippen LogP contribution in [0.25, 0.3) is 0 Å². The summed E-state index contributed by atoms with van der Waals surface area (Å²) in [7, 11) is 1.77. The van der Waals surface area contributed by atoms with E-state index in [1.165, 1.54) is 12.8 Å². The molecule has 1 aliphatic heterocycles. The molecule has 0 aliphatic carbocycles. The van der Waals surface area contributed by atoms with Crippen molar-refractivity contribution in [1.82, 2.24) is 5.32 Å². The minimum absolute atomic E-state index is 0.323. The van der Waals surface area contributed by atoms with E-state index < -0.39 is 0 Å². The van der Waals surface area contributed by atoms with Crippen LogP contribution in [0.4, 0.5) is 0 Å². The lowest BCUT2D eigenvalue weighted by Crippen LogP contribution is -2.37. The van der Waals surface area contributed by atoms with E-state index >= 15 is 0 Å². The van der Waals surface area contributed by atoms with Crippen LogP contribution in [0.2, 0.25) is 0 Å². The third-order valence-electron chi connectivity index (χ3n) is 3.30. The highest BCUT2D eigenvalue weighted by Crippen LogP contribution is 2.20. The van der Waals surface area contributed by atoms with E-state index in [9.17, 15) is 0 Å². The van der Waals surface area contributed by atoms with Crippen LogP contribution >= 0.6 is 0 Å². The second kappa shape index (κ2) is 7.25. The molecule has 0 spiro atoms. The van der Waals surface area contributed by atoms with Crippen molar-refractivity contribution in [2.75, 3.05) is 33.5 Å². The van der Waals surface area contributed by atoms with Crippen molar-refractivity contribution in [1.29, 1.82) is 0 Å². The Morgan fingerprint density at radius 3 is 2.88 bits per heavy atom. The second-order valence-electron chi connectivity index (χ2n) is 5.53. The Balaban J connectivity index is 2.20. The number of hydrogen-bond acceptors (Lipinski definition) is 3. The standard InChI is InChI=1S/C13H27NO2/c1-13(2,7-10-15-3)11-14-12-5-4-8-16-9-6-12/h12,14H,4-11H2,1-3H3. The lowest BCUT2D eigenvalue weighted by Gasteiger charge is -2.27. The minimum atomic E-state index is 0.323. The molecule has 0 aromatic carbocycles. The lowest BCUT2D eigenvalue weighted by atomic mass is 9.89. The van der Waals surface area contributed by atoms with Crippen LogP contribution in [0.5, 0.6) is 0 Å². The number of nitrogens with one attached hydrogen (secondary N) is 1. The average molecular weight is 229 g/mol. The van der Waals surface area contributed by atoms with Gasteiger partial charge in [-0.2, -0.15) is 0 Å². The lowest BCUT2D eigenvalue weighted by molar-refractivity contribution is 0.139. The van der Waals surface area contributed by atoms with E-state index in [2.05, 4.69) is 19.2 Å². The van der Waals surface area contributed by atoms with Crippen molar-refractivity contribution in [3.63, 3.8) is 0 Å². The molecule has 1 atom stereocenters. The third-order valence-corrected chi connectivity index (χ3v) is 3.30. The molecule has 0 aromatic rings. The Kier molecular flexibility index (Phi) is 6.32. The number of methoxy groups -OCH3 is 1. The third kappa shape index (κ3) is 5.83. The zero-order valence-corrected chi connectivity index (χ0v) is 11.1. The van der Waals surface area contributed by atoms with Gasteiger partial charge in [-0.05, 0) is 31.1 Å². The number of hydrogen-bond donors (Lipinski definition) is 1. The number of rotatable bonds is 6. The molecule has 0 radical (unpaired) electrons. The summed E-state index contributed by atoms with van der Waals surface area (Å²) in [5.41, 5.74) is 0.323. The summed E-state index contributed by atoms with van der Waals surface area (Å²) in [6, 6.07) is 0.643. The van der Waals surface area contributed by atoms with Crippen molar-refractivity contribution in [2.24, 2.45) is 5.41 Å². The first kappa shape index (κ1) is 13.9. The van der Waals surface area contributed by atoms with Gasteiger partial charge in [-0.1, -0.05) is 13.8 Å². The molecule has 0 saturated carbocycles. The summed E-state index contributed by atoms with van der Waals surface area (Å²) < 4.78 is 10.6. The Morgan fingerprint density at radius 1 is 1.31 bits per heavy atom. The smallest absolute Gasteiger partial charge is 0.0480 e. The molecule has 96 valence electrons. The van der Waals surface area contributed by atoms with Crippen molar-refractivity contribution < 1.29 is 9.47 Å². The topological polar surface area (TPSA) is 30.5 Å². The quantitative estimate of drug-likeness (QED) is 0.757. The summed E-state index contributed by atoms with van der Waals surface area (Å²) >= 11 is 0. The van der Waals surface area contributed by atoms with Gasteiger partial charge in [0.2, 0.25) is 0 Å². The van der Waals surface area contributed by atoms with Crippen molar-refractivity contribution >= 4 is 0 Å². The maximum absolute atomic E-state index is 5.46. The molecule has 1 rings (SSSR count). The maximum atomic E-state index is 5.46. The van der Waals surface area contributed by atoms with Gasteiger partial charge in [-0.15, -0.1) is 0 Å². The summed E-state index contributed by atoms with van der Waals surface area (Å²) in [4.78, 5) is 0. The summed E-state index contributed by atoms with van der Waals surface area (Å²) in [6.07, 6.45) is 4.70. The van der Waals surface area contributed by atoms with Gasteiger partial charge in [-0.25, -0.2) is 0 Å². The van der Waals surface area contributed by atoms with Gasteiger partial charge in [0, 0.05) is 39.5 Å². The molecule has 3 nitrogen and oxygen atoms in total. The highest BCUT2D eigenvalue weighted by Gasteiger charge is 2.20. The first-order valence-corrected chi connectivity index (χ1v) is 6.44. The molecule has 1 heterocycles. The summed E-state index contributed by atoms with van der Waals surface area (Å²) in [5, 5.41) is 3.68. The van der Waals surface area contributed by atoms with Crippen LogP contribution in [0.3, 0.4) is 0 Å². The van der Waals surface area contributed by atoms with Gasteiger partial charge in [0.25, 0.3) is 0 Å². The van der Waals surface area contributed by atoms with E-state index in [1.807, 2.05) is 0 Å². The molecule has 3 heteroatoms. The molecule has 1 fully saturated rings. The Bertz CT molecular complexity index is 175. The molecular weight excluding hydrogens is 202 g/mol. The molecule has 1 N–H and O–H groups in total. The van der Waals surface area contributed by atoms with Crippen LogP contribution in [0.1, 0.15) is 39.5 Å². The van der Waals surface area contributed by atoms with Gasteiger partial charge in [0.05, 0.1) is 0 Å². The first-order valence-electron chi connectivity index (χ1n) is 6.44. The largest absolute Gasteiger partial charge is 0.385 e. The SMILES string of the molecule is COCCC(C)(C)CNC1CCCOCC1. The van der Waals surface area contributed by atoms with Crippen LogP contribution in [0.15, 0.2) is 0 Å². The van der Waals surface area contributed by atoms with Crippen molar-refractivity contribution in [3.05, 3.63) is 0 Å². The van der Waals surface area contributed by atoms with Crippen LogP contribution in [-0.2, 0) is 9.47 Å². The van der Waals surface area contributed by atoms with E-state index in [0.717, 1.165) is 39.2 Å². The predicted molar refractivity (Wildman–Crippen MR) is 66.7 cm³/mol. The van der Waals surface area contributed by atoms with Crippen molar-refractivity contribution in [3.8, 4) is 0 Å². The fourth-order valence-corrected chi connectivity index (χ4v) is 2.00. The highest BCUT2D eigenvalue weighted by atomic mass is 16.5. The molecule has 1 saturated heterocycles. The normalized spacial score (nSPS) is 23.1. The Morgan fingerprint density at radius 2 is 2.12 bits per heavy atom.